The summed E-state index contributed by atoms with van der Waals surface area (Å²) in [6, 6.07) is 10.2. The smallest absolute Gasteiger partial charge is 0.233 e. The molecule has 156 valence electrons. The minimum atomic E-state index is 0.118. The predicted molar refractivity (Wildman–Crippen MR) is 121 cm³/mol. The highest BCUT2D eigenvalue weighted by atomic mass is 35.5. The van der Waals surface area contributed by atoms with E-state index >= 15 is 0 Å². The molecule has 1 saturated heterocycles. The van der Waals surface area contributed by atoms with Crippen molar-refractivity contribution in [2.24, 2.45) is 0 Å². The van der Waals surface area contributed by atoms with Crippen LogP contribution in [0.4, 0.5) is 11.5 Å². The van der Waals surface area contributed by atoms with Crippen molar-refractivity contribution in [3.63, 3.8) is 0 Å². The number of halogens is 1. The van der Waals surface area contributed by atoms with Crippen molar-refractivity contribution in [3.8, 4) is 0 Å². The molecular formula is C21H28ClN5OS. The zero-order valence-electron chi connectivity index (χ0n) is 17.3. The lowest BCUT2D eigenvalue weighted by Gasteiger charge is -2.36. The Labute approximate surface area is 182 Å². The third-order valence-electron chi connectivity index (χ3n) is 5.16. The molecule has 0 aliphatic carbocycles. The number of hydrogen-bond donors (Lipinski definition) is 0. The van der Waals surface area contributed by atoms with Crippen LogP contribution in [0.5, 0.6) is 0 Å². The van der Waals surface area contributed by atoms with Gasteiger partial charge in [0, 0.05) is 51.0 Å². The lowest BCUT2D eigenvalue weighted by molar-refractivity contribution is -0.128. The first-order chi connectivity index (χ1) is 14.0. The largest absolute Gasteiger partial charge is 0.368 e. The maximum Gasteiger partial charge on any atom is 0.233 e. The molecule has 29 heavy (non-hydrogen) atoms. The first kappa shape index (κ1) is 21.7. The summed E-state index contributed by atoms with van der Waals surface area (Å²) in [7, 11) is 0. The zero-order valence-corrected chi connectivity index (χ0v) is 18.8. The Kier molecular flexibility index (Phi) is 7.61. The van der Waals surface area contributed by atoms with Crippen LogP contribution in [0, 0.1) is 6.92 Å². The van der Waals surface area contributed by atoms with Crippen LogP contribution in [0.15, 0.2) is 35.5 Å². The van der Waals surface area contributed by atoms with Gasteiger partial charge in [-0.2, -0.15) is 0 Å². The number of thioether (sulfide) groups is 1. The van der Waals surface area contributed by atoms with E-state index in [-0.39, 0.29) is 5.91 Å². The van der Waals surface area contributed by atoms with Crippen molar-refractivity contribution < 1.29 is 4.79 Å². The minimum Gasteiger partial charge on any atom is -0.368 e. The van der Waals surface area contributed by atoms with Gasteiger partial charge in [0.25, 0.3) is 0 Å². The van der Waals surface area contributed by atoms with Crippen molar-refractivity contribution in [3.05, 3.63) is 41.0 Å². The number of piperazine rings is 1. The van der Waals surface area contributed by atoms with Gasteiger partial charge in [-0.25, -0.2) is 9.97 Å². The molecule has 1 fully saturated rings. The maximum absolute atomic E-state index is 12.7. The molecule has 0 unspecified atom stereocenters. The summed E-state index contributed by atoms with van der Waals surface area (Å²) in [5.74, 6) is 1.24. The van der Waals surface area contributed by atoms with Gasteiger partial charge in [0.2, 0.25) is 5.91 Å². The predicted octanol–water partition coefficient (Wildman–Crippen LogP) is 3.73. The molecule has 2 aromatic rings. The Morgan fingerprint density at radius 1 is 1.14 bits per heavy atom. The molecule has 0 N–H and O–H groups in total. The lowest BCUT2D eigenvalue weighted by atomic mass is 10.1. The second-order valence-electron chi connectivity index (χ2n) is 6.95. The van der Waals surface area contributed by atoms with Gasteiger partial charge in [-0.3, -0.25) is 4.79 Å². The van der Waals surface area contributed by atoms with E-state index in [1.54, 1.807) is 6.07 Å². The van der Waals surface area contributed by atoms with Crippen molar-refractivity contribution in [2.45, 2.75) is 25.9 Å². The van der Waals surface area contributed by atoms with Crippen LogP contribution in [-0.2, 0) is 4.79 Å². The first-order valence-electron chi connectivity index (χ1n) is 10.0. The number of benzene rings is 1. The van der Waals surface area contributed by atoms with Gasteiger partial charge in [-0.1, -0.05) is 41.6 Å². The summed E-state index contributed by atoms with van der Waals surface area (Å²) in [4.78, 5) is 27.9. The van der Waals surface area contributed by atoms with E-state index in [9.17, 15) is 4.79 Å². The number of carbonyl (C=O) groups excluding carboxylic acids is 1. The molecule has 0 saturated carbocycles. The number of rotatable bonds is 7. The van der Waals surface area contributed by atoms with E-state index in [1.165, 1.54) is 23.0 Å². The highest BCUT2D eigenvalue weighted by molar-refractivity contribution is 7.99. The summed E-state index contributed by atoms with van der Waals surface area (Å²) in [5, 5.41) is 0.954. The van der Waals surface area contributed by atoms with Crippen LogP contribution >= 0.6 is 23.4 Å². The molecule has 0 atom stereocenters. The minimum absolute atomic E-state index is 0.118. The standard InChI is InChI=1S/C21H28ClN5OS/c1-4-25(5-2)19-14-18(22)23-21(24-19)29-15-20(28)27-12-10-26(11-13-27)17-9-7-6-8-16(17)3/h6-9,14H,4-5,10-13,15H2,1-3H3. The highest BCUT2D eigenvalue weighted by Crippen LogP contribution is 2.23. The molecule has 6 nitrogen and oxygen atoms in total. The molecule has 2 heterocycles. The summed E-state index contributed by atoms with van der Waals surface area (Å²) in [6.45, 7) is 11.1. The molecule has 1 aromatic heterocycles. The first-order valence-corrected chi connectivity index (χ1v) is 11.4. The average Bonchev–Trinajstić information content (AvgIpc) is 2.73. The molecule has 1 aromatic carbocycles. The fourth-order valence-electron chi connectivity index (χ4n) is 3.49. The molecule has 3 rings (SSSR count). The topological polar surface area (TPSA) is 52.6 Å². The number of para-hydroxylation sites is 1. The van der Waals surface area contributed by atoms with Crippen LogP contribution in [0.25, 0.3) is 0 Å². The summed E-state index contributed by atoms with van der Waals surface area (Å²) >= 11 is 7.52. The van der Waals surface area contributed by atoms with E-state index in [0.29, 0.717) is 16.1 Å². The van der Waals surface area contributed by atoms with Crippen molar-refractivity contribution in [1.29, 1.82) is 0 Å². The van der Waals surface area contributed by atoms with E-state index in [4.69, 9.17) is 11.6 Å². The number of nitrogens with zero attached hydrogens (tertiary/aromatic N) is 5. The fourth-order valence-corrected chi connectivity index (χ4v) is 4.48. The van der Waals surface area contributed by atoms with Gasteiger partial charge in [-0.05, 0) is 32.4 Å². The van der Waals surface area contributed by atoms with E-state index in [0.717, 1.165) is 45.1 Å². The van der Waals surface area contributed by atoms with E-state index in [2.05, 4.69) is 64.8 Å². The SMILES string of the molecule is CCN(CC)c1cc(Cl)nc(SCC(=O)N2CCN(c3ccccc3C)CC2)n1. The van der Waals surface area contributed by atoms with Gasteiger partial charge < -0.3 is 14.7 Å². The van der Waals surface area contributed by atoms with Crippen molar-refractivity contribution in [2.75, 3.05) is 54.8 Å². The monoisotopic (exact) mass is 433 g/mol. The Hall–Kier alpha value is -1.99. The van der Waals surface area contributed by atoms with Gasteiger partial charge in [-0.15, -0.1) is 0 Å². The lowest BCUT2D eigenvalue weighted by Crippen LogP contribution is -2.49. The summed E-state index contributed by atoms with van der Waals surface area (Å²) in [6.07, 6.45) is 0. The molecule has 0 bridgehead atoms. The normalized spacial score (nSPS) is 14.2. The Morgan fingerprint density at radius 3 is 2.48 bits per heavy atom. The fraction of sp³-hybridized carbons (Fsp3) is 0.476. The van der Waals surface area contributed by atoms with Crippen LogP contribution in [0.1, 0.15) is 19.4 Å². The summed E-state index contributed by atoms with van der Waals surface area (Å²) in [5.41, 5.74) is 2.52. The van der Waals surface area contributed by atoms with Gasteiger partial charge in [0.05, 0.1) is 5.75 Å². The van der Waals surface area contributed by atoms with Crippen LogP contribution in [-0.4, -0.2) is 65.8 Å². The zero-order chi connectivity index (χ0) is 20.8. The second kappa shape index (κ2) is 10.2. The average molecular weight is 434 g/mol. The molecule has 0 radical (unpaired) electrons. The molecule has 1 aliphatic rings. The van der Waals surface area contributed by atoms with E-state index < -0.39 is 0 Å². The number of carbonyl (C=O) groups is 1. The number of aryl methyl sites for hydroxylation is 1. The third-order valence-corrected chi connectivity index (χ3v) is 6.19. The molecule has 8 heteroatoms. The van der Waals surface area contributed by atoms with Gasteiger partial charge >= 0.3 is 0 Å². The number of amides is 1. The van der Waals surface area contributed by atoms with Gasteiger partial charge in [0.15, 0.2) is 5.16 Å². The van der Waals surface area contributed by atoms with Crippen molar-refractivity contribution >= 4 is 40.8 Å². The second-order valence-corrected chi connectivity index (χ2v) is 8.28. The molecule has 0 spiro atoms. The number of aromatic nitrogens is 2. The Bertz CT molecular complexity index is 838. The third kappa shape index (κ3) is 5.54. The number of hydrogen-bond acceptors (Lipinski definition) is 6. The van der Waals surface area contributed by atoms with Crippen LogP contribution < -0.4 is 9.80 Å². The summed E-state index contributed by atoms with van der Waals surface area (Å²) < 4.78 is 0. The van der Waals surface area contributed by atoms with Crippen LogP contribution in [0.2, 0.25) is 5.15 Å². The Balaban J connectivity index is 1.55. The quantitative estimate of drug-likeness (QED) is 0.377. The van der Waals surface area contributed by atoms with E-state index in [1.807, 2.05) is 4.90 Å². The maximum atomic E-state index is 12.7. The molecule has 1 amide bonds. The highest BCUT2D eigenvalue weighted by Gasteiger charge is 2.22. The van der Waals surface area contributed by atoms with Crippen molar-refractivity contribution in [1.82, 2.24) is 14.9 Å². The van der Waals surface area contributed by atoms with Crippen LogP contribution in [0.3, 0.4) is 0 Å². The molecular weight excluding hydrogens is 406 g/mol. The van der Waals surface area contributed by atoms with Gasteiger partial charge in [0.1, 0.15) is 11.0 Å². The Morgan fingerprint density at radius 2 is 1.83 bits per heavy atom. The number of anilines is 2. The molecule has 1 aliphatic heterocycles.